The van der Waals surface area contributed by atoms with Crippen LogP contribution in [0.15, 0.2) is 29.8 Å². The number of allylic oxidation sites excluding steroid dienone is 2. The molecular weight excluding hydrogens is 180 g/mol. The fraction of sp³-hybridized carbons (Fsp3) is 0.467. The van der Waals surface area contributed by atoms with E-state index in [1.54, 1.807) is 22.3 Å². The first-order valence-electron chi connectivity index (χ1n) is 6.14. The maximum atomic E-state index is 2.38. The van der Waals surface area contributed by atoms with Crippen molar-refractivity contribution in [2.45, 2.75) is 39.0 Å². The number of aryl methyl sites for hydroxylation is 1. The Morgan fingerprint density at radius 1 is 1.07 bits per heavy atom. The highest BCUT2D eigenvalue weighted by Crippen LogP contribution is 2.41. The molecule has 0 saturated heterocycles. The van der Waals surface area contributed by atoms with E-state index < -0.39 is 0 Å². The van der Waals surface area contributed by atoms with Gasteiger partial charge in [0.15, 0.2) is 0 Å². The number of rotatable bonds is 0. The van der Waals surface area contributed by atoms with E-state index in [1.165, 1.54) is 32.1 Å². The van der Waals surface area contributed by atoms with Crippen LogP contribution >= 0.6 is 0 Å². The topological polar surface area (TPSA) is 0 Å². The van der Waals surface area contributed by atoms with E-state index in [0.29, 0.717) is 0 Å². The molecule has 2 aliphatic rings. The van der Waals surface area contributed by atoms with Crippen LogP contribution in [0.2, 0.25) is 0 Å². The average Bonchev–Trinajstić information content (AvgIpc) is 2.83. The van der Waals surface area contributed by atoms with E-state index in [4.69, 9.17) is 0 Å². The molecular formula is C15H18. The van der Waals surface area contributed by atoms with Gasteiger partial charge in [0.05, 0.1) is 0 Å². The highest BCUT2D eigenvalue weighted by molar-refractivity contribution is 5.75. The van der Waals surface area contributed by atoms with Gasteiger partial charge in [0.2, 0.25) is 0 Å². The summed E-state index contributed by atoms with van der Waals surface area (Å²) in [6.07, 6.45) is 6.67. The minimum atomic E-state index is 0.917. The van der Waals surface area contributed by atoms with Gasteiger partial charge in [-0.3, -0.25) is 0 Å². The molecule has 1 aromatic carbocycles. The zero-order chi connectivity index (χ0) is 10.3. The number of hydrogen-bond acceptors (Lipinski definition) is 0. The standard InChI is InChI=1S/C15H18/c1-11-6-7-13(10-11)15-9-8-12-4-2-3-5-14(12)15/h2-5,11H,6-10H2,1H3. The van der Waals surface area contributed by atoms with Gasteiger partial charge in [-0.15, -0.1) is 0 Å². The second-order valence-electron chi connectivity index (χ2n) is 5.09. The van der Waals surface area contributed by atoms with Crippen molar-refractivity contribution in [1.82, 2.24) is 0 Å². The van der Waals surface area contributed by atoms with Crippen LogP contribution < -0.4 is 0 Å². The Labute approximate surface area is 92.0 Å². The van der Waals surface area contributed by atoms with Gasteiger partial charge in [-0.25, -0.2) is 0 Å². The molecule has 0 nitrogen and oxygen atoms in total. The van der Waals surface area contributed by atoms with Crippen molar-refractivity contribution in [2.24, 2.45) is 5.92 Å². The summed E-state index contributed by atoms with van der Waals surface area (Å²) < 4.78 is 0. The van der Waals surface area contributed by atoms with Gasteiger partial charge in [-0.05, 0) is 54.7 Å². The largest absolute Gasteiger partial charge is 0.0661 e. The summed E-state index contributed by atoms with van der Waals surface area (Å²) in [5.74, 6) is 0.917. The summed E-state index contributed by atoms with van der Waals surface area (Å²) in [7, 11) is 0. The molecule has 78 valence electrons. The summed E-state index contributed by atoms with van der Waals surface area (Å²) >= 11 is 0. The molecule has 0 aromatic heterocycles. The number of hydrogen-bond donors (Lipinski definition) is 0. The van der Waals surface area contributed by atoms with Crippen LogP contribution in [0.3, 0.4) is 0 Å². The predicted molar refractivity (Wildman–Crippen MR) is 64.7 cm³/mol. The van der Waals surface area contributed by atoms with Gasteiger partial charge in [-0.1, -0.05) is 36.8 Å². The Hall–Kier alpha value is -1.04. The molecule has 1 atom stereocenters. The third-order valence-corrected chi connectivity index (χ3v) is 3.95. The molecule has 3 rings (SSSR count). The van der Waals surface area contributed by atoms with Crippen molar-refractivity contribution in [1.29, 1.82) is 0 Å². The molecule has 2 aliphatic carbocycles. The molecule has 15 heavy (non-hydrogen) atoms. The SMILES string of the molecule is CC1CCC(=C2CCc3ccccc32)C1. The zero-order valence-corrected chi connectivity index (χ0v) is 9.42. The first-order valence-corrected chi connectivity index (χ1v) is 6.14. The summed E-state index contributed by atoms with van der Waals surface area (Å²) in [5, 5.41) is 0. The maximum Gasteiger partial charge on any atom is -0.0193 e. The van der Waals surface area contributed by atoms with Gasteiger partial charge in [-0.2, -0.15) is 0 Å². The predicted octanol–water partition coefficient (Wildman–Crippen LogP) is 4.21. The smallest absolute Gasteiger partial charge is 0.0193 e. The summed E-state index contributed by atoms with van der Waals surface area (Å²) in [6.45, 7) is 2.38. The minimum absolute atomic E-state index is 0.917. The number of benzene rings is 1. The van der Waals surface area contributed by atoms with E-state index >= 15 is 0 Å². The monoisotopic (exact) mass is 198 g/mol. The van der Waals surface area contributed by atoms with Crippen molar-refractivity contribution >= 4 is 5.57 Å². The van der Waals surface area contributed by atoms with Crippen LogP contribution in [0.4, 0.5) is 0 Å². The molecule has 0 heteroatoms. The molecule has 0 amide bonds. The summed E-state index contributed by atoms with van der Waals surface area (Å²) in [5.41, 5.74) is 6.57. The Bertz CT molecular complexity index is 412. The molecule has 1 unspecified atom stereocenters. The molecule has 1 fully saturated rings. The molecule has 0 N–H and O–H groups in total. The van der Waals surface area contributed by atoms with Gasteiger partial charge in [0.25, 0.3) is 0 Å². The van der Waals surface area contributed by atoms with Crippen molar-refractivity contribution in [2.75, 3.05) is 0 Å². The van der Waals surface area contributed by atoms with Crippen LogP contribution in [-0.4, -0.2) is 0 Å². The Balaban J connectivity index is 2.03. The third kappa shape index (κ3) is 1.52. The second kappa shape index (κ2) is 3.52. The van der Waals surface area contributed by atoms with Crippen molar-refractivity contribution in [3.05, 3.63) is 41.0 Å². The Kier molecular flexibility index (Phi) is 2.16. The number of fused-ring (bicyclic) bond motifs is 1. The van der Waals surface area contributed by atoms with E-state index in [1.807, 2.05) is 0 Å². The minimum Gasteiger partial charge on any atom is -0.0661 e. The molecule has 0 aliphatic heterocycles. The first kappa shape index (κ1) is 9.21. The Morgan fingerprint density at radius 3 is 2.73 bits per heavy atom. The summed E-state index contributed by atoms with van der Waals surface area (Å²) in [6, 6.07) is 8.96. The van der Waals surface area contributed by atoms with Gasteiger partial charge < -0.3 is 0 Å². The molecule has 1 aromatic rings. The third-order valence-electron chi connectivity index (χ3n) is 3.95. The first-order chi connectivity index (χ1) is 7.34. The fourth-order valence-corrected chi connectivity index (χ4v) is 3.11. The van der Waals surface area contributed by atoms with Crippen molar-refractivity contribution in [3.63, 3.8) is 0 Å². The zero-order valence-electron chi connectivity index (χ0n) is 9.42. The van der Waals surface area contributed by atoms with Gasteiger partial charge >= 0.3 is 0 Å². The van der Waals surface area contributed by atoms with Crippen LogP contribution in [-0.2, 0) is 6.42 Å². The fourth-order valence-electron chi connectivity index (χ4n) is 3.11. The Morgan fingerprint density at radius 2 is 1.93 bits per heavy atom. The van der Waals surface area contributed by atoms with Crippen LogP contribution in [0.25, 0.3) is 5.57 Å². The van der Waals surface area contributed by atoms with Gasteiger partial charge in [0.1, 0.15) is 0 Å². The van der Waals surface area contributed by atoms with E-state index in [-0.39, 0.29) is 0 Å². The highest BCUT2D eigenvalue weighted by Gasteiger charge is 2.23. The molecule has 0 radical (unpaired) electrons. The van der Waals surface area contributed by atoms with E-state index in [2.05, 4.69) is 31.2 Å². The van der Waals surface area contributed by atoms with Crippen LogP contribution in [0.1, 0.15) is 43.7 Å². The van der Waals surface area contributed by atoms with Crippen molar-refractivity contribution in [3.8, 4) is 0 Å². The molecule has 1 saturated carbocycles. The lowest BCUT2D eigenvalue weighted by molar-refractivity contribution is 0.620. The average molecular weight is 198 g/mol. The normalized spacial score (nSPS) is 29.5. The van der Waals surface area contributed by atoms with Crippen LogP contribution in [0, 0.1) is 5.92 Å². The van der Waals surface area contributed by atoms with E-state index in [0.717, 1.165) is 5.92 Å². The van der Waals surface area contributed by atoms with E-state index in [9.17, 15) is 0 Å². The molecule has 0 heterocycles. The molecule has 0 spiro atoms. The summed E-state index contributed by atoms with van der Waals surface area (Å²) in [4.78, 5) is 0. The van der Waals surface area contributed by atoms with Crippen LogP contribution in [0.5, 0.6) is 0 Å². The lowest BCUT2D eigenvalue weighted by atomic mass is 10.00. The quantitative estimate of drug-likeness (QED) is 0.586. The van der Waals surface area contributed by atoms with Crippen molar-refractivity contribution < 1.29 is 0 Å². The lowest BCUT2D eigenvalue weighted by Crippen LogP contribution is -1.85. The molecule has 0 bridgehead atoms. The van der Waals surface area contributed by atoms with Gasteiger partial charge in [0, 0.05) is 0 Å². The lowest BCUT2D eigenvalue weighted by Gasteiger charge is -2.05. The maximum absolute atomic E-state index is 2.38. The highest BCUT2D eigenvalue weighted by atomic mass is 14.3. The second-order valence-corrected chi connectivity index (χ2v) is 5.09.